The molecule has 0 atom stereocenters. The van der Waals surface area contributed by atoms with Gasteiger partial charge in [0, 0.05) is 45.8 Å². The second-order valence-corrected chi connectivity index (χ2v) is 6.90. The molecule has 0 spiro atoms. The Bertz CT molecular complexity index is 732. The first-order chi connectivity index (χ1) is 12.1. The normalized spacial score (nSPS) is 20.0. The minimum absolute atomic E-state index is 0.175. The highest BCUT2D eigenvalue weighted by molar-refractivity contribution is 5.76. The van der Waals surface area contributed by atoms with Crippen LogP contribution < -0.4 is 0 Å². The number of carbonyl (C=O) groups excluding carboxylic acids is 1. The van der Waals surface area contributed by atoms with Gasteiger partial charge in [-0.3, -0.25) is 4.90 Å². The van der Waals surface area contributed by atoms with Gasteiger partial charge in [0.15, 0.2) is 5.76 Å². The third kappa shape index (κ3) is 3.16. The Labute approximate surface area is 147 Å². The molecule has 2 aromatic rings. The molecule has 2 amide bonds. The minimum Gasteiger partial charge on any atom is -0.459 e. The summed E-state index contributed by atoms with van der Waals surface area (Å²) in [5.41, 5.74) is 0.960. The van der Waals surface area contributed by atoms with E-state index in [1.807, 2.05) is 31.0 Å². The maximum absolute atomic E-state index is 12.1. The van der Waals surface area contributed by atoms with Crippen molar-refractivity contribution in [2.24, 2.45) is 0 Å². The number of aryl methyl sites for hydroxylation is 1. The van der Waals surface area contributed by atoms with Crippen LogP contribution in [0.15, 0.2) is 27.2 Å². The number of likely N-dealkylation sites (N-methyl/N-ethyl adjacent to an activating group) is 1. The maximum atomic E-state index is 12.1. The van der Waals surface area contributed by atoms with E-state index in [9.17, 15) is 4.79 Å². The summed E-state index contributed by atoms with van der Waals surface area (Å²) < 4.78 is 11.1. The summed E-state index contributed by atoms with van der Waals surface area (Å²) in [6, 6.07) is 4.22. The van der Waals surface area contributed by atoms with E-state index in [1.54, 1.807) is 11.2 Å². The molecular formula is C18H24N4O3. The highest BCUT2D eigenvalue weighted by atomic mass is 16.4. The molecule has 0 unspecified atom stereocenters. The number of rotatable bonds is 4. The van der Waals surface area contributed by atoms with Crippen molar-refractivity contribution in [2.75, 3.05) is 33.2 Å². The lowest BCUT2D eigenvalue weighted by molar-refractivity contribution is 0.127. The maximum Gasteiger partial charge on any atom is 0.320 e. The Hall–Kier alpha value is -2.28. The molecule has 7 nitrogen and oxygen atoms in total. The molecular weight excluding hydrogens is 320 g/mol. The number of hydrogen-bond donors (Lipinski definition) is 0. The van der Waals surface area contributed by atoms with Crippen molar-refractivity contribution in [3.63, 3.8) is 0 Å². The zero-order valence-electron chi connectivity index (χ0n) is 14.8. The number of aromatic nitrogens is 1. The molecule has 2 saturated heterocycles. The van der Waals surface area contributed by atoms with Crippen molar-refractivity contribution < 1.29 is 13.6 Å². The molecule has 0 saturated carbocycles. The largest absolute Gasteiger partial charge is 0.459 e. The van der Waals surface area contributed by atoms with Crippen molar-refractivity contribution in [1.29, 1.82) is 0 Å². The molecule has 2 aliphatic heterocycles. The standard InChI is InChI=1S/C18H24N4O3/c1-13-15(19-17(25-13)16-4-3-11-24-16)12-21-7-5-14(6-8-21)22-10-9-20(2)18(22)23/h3-4,11,14H,5-10,12H2,1-2H3. The number of carbonyl (C=O) groups is 1. The van der Waals surface area contributed by atoms with Gasteiger partial charge in [-0.1, -0.05) is 0 Å². The molecule has 0 bridgehead atoms. The van der Waals surface area contributed by atoms with Crippen LogP contribution in [-0.2, 0) is 6.54 Å². The van der Waals surface area contributed by atoms with Gasteiger partial charge >= 0.3 is 6.03 Å². The summed E-state index contributed by atoms with van der Waals surface area (Å²) >= 11 is 0. The first-order valence-corrected chi connectivity index (χ1v) is 8.86. The summed E-state index contributed by atoms with van der Waals surface area (Å²) in [4.78, 5) is 23.0. The fraction of sp³-hybridized carbons (Fsp3) is 0.556. The Kier molecular flexibility index (Phi) is 4.25. The summed E-state index contributed by atoms with van der Waals surface area (Å²) in [7, 11) is 1.88. The molecule has 0 radical (unpaired) electrons. The van der Waals surface area contributed by atoms with E-state index in [2.05, 4.69) is 9.88 Å². The molecule has 0 aliphatic carbocycles. The first kappa shape index (κ1) is 16.2. The van der Waals surface area contributed by atoms with E-state index in [-0.39, 0.29) is 6.03 Å². The number of hydrogen-bond acceptors (Lipinski definition) is 5. The lowest BCUT2D eigenvalue weighted by atomic mass is 10.0. The SMILES string of the molecule is Cc1oc(-c2ccco2)nc1CN1CCC(N2CCN(C)C2=O)CC1. The second kappa shape index (κ2) is 6.55. The average Bonchev–Trinajstić information content (AvgIpc) is 3.32. The van der Waals surface area contributed by atoms with E-state index in [1.165, 1.54) is 0 Å². The van der Waals surface area contributed by atoms with E-state index in [0.29, 0.717) is 17.7 Å². The summed E-state index contributed by atoms with van der Waals surface area (Å²) in [6.45, 7) is 6.36. The molecule has 2 aromatic heterocycles. The van der Waals surface area contributed by atoms with Crippen molar-refractivity contribution >= 4 is 6.03 Å². The average molecular weight is 344 g/mol. The Morgan fingerprint density at radius 2 is 2.04 bits per heavy atom. The van der Waals surface area contributed by atoms with Crippen LogP contribution >= 0.6 is 0 Å². The lowest BCUT2D eigenvalue weighted by Gasteiger charge is -2.36. The smallest absolute Gasteiger partial charge is 0.320 e. The highest BCUT2D eigenvalue weighted by Crippen LogP contribution is 2.25. The van der Waals surface area contributed by atoms with E-state index < -0.39 is 0 Å². The third-order valence-electron chi connectivity index (χ3n) is 5.24. The predicted octanol–water partition coefficient (Wildman–Crippen LogP) is 2.57. The summed E-state index contributed by atoms with van der Waals surface area (Å²) in [6.07, 6.45) is 3.65. The van der Waals surface area contributed by atoms with Crippen molar-refractivity contribution in [1.82, 2.24) is 19.7 Å². The number of likely N-dealkylation sites (tertiary alicyclic amines) is 1. The molecule has 2 fully saturated rings. The van der Waals surface area contributed by atoms with Crippen LogP contribution in [0.3, 0.4) is 0 Å². The number of furan rings is 1. The third-order valence-corrected chi connectivity index (χ3v) is 5.24. The molecule has 0 aromatic carbocycles. The lowest BCUT2D eigenvalue weighted by Crippen LogP contribution is -2.46. The molecule has 4 rings (SSSR count). The van der Waals surface area contributed by atoms with Crippen LogP contribution in [0.4, 0.5) is 4.79 Å². The second-order valence-electron chi connectivity index (χ2n) is 6.90. The van der Waals surface area contributed by atoms with Crippen LogP contribution in [-0.4, -0.2) is 65.0 Å². The molecule has 0 N–H and O–H groups in total. The van der Waals surface area contributed by atoms with E-state index in [4.69, 9.17) is 8.83 Å². The van der Waals surface area contributed by atoms with Crippen molar-refractivity contribution in [2.45, 2.75) is 32.4 Å². The van der Waals surface area contributed by atoms with Crippen molar-refractivity contribution in [3.05, 3.63) is 29.9 Å². The van der Waals surface area contributed by atoms with Crippen LogP contribution in [0.1, 0.15) is 24.3 Å². The Morgan fingerprint density at radius 1 is 1.24 bits per heavy atom. The van der Waals surface area contributed by atoms with Gasteiger partial charge in [0.25, 0.3) is 5.89 Å². The van der Waals surface area contributed by atoms with Crippen molar-refractivity contribution in [3.8, 4) is 11.7 Å². The van der Waals surface area contributed by atoms with Crippen LogP contribution in [0, 0.1) is 6.92 Å². The molecule has 134 valence electrons. The number of nitrogens with zero attached hydrogens (tertiary/aromatic N) is 4. The molecule has 2 aliphatic rings. The number of amides is 2. The molecule has 4 heterocycles. The summed E-state index contributed by atoms with van der Waals surface area (Å²) in [5, 5.41) is 0. The van der Waals surface area contributed by atoms with Gasteiger partial charge in [-0.25, -0.2) is 9.78 Å². The molecule has 7 heteroatoms. The van der Waals surface area contributed by atoms with Gasteiger partial charge in [0.1, 0.15) is 5.76 Å². The van der Waals surface area contributed by atoms with Gasteiger partial charge in [-0.05, 0) is 31.9 Å². The van der Waals surface area contributed by atoms with Crippen LogP contribution in [0.2, 0.25) is 0 Å². The number of urea groups is 1. The van der Waals surface area contributed by atoms with E-state index in [0.717, 1.165) is 57.0 Å². The highest BCUT2D eigenvalue weighted by Gasteiger charge is 2.33. The first-order valence-electron chi connectivity index (χ1n) is 8.86. The number of piperidine rings is 1. The minimum atomic E-state index is 0.175. The van der Waals surface area contributed by atoms with E-state index >= 15 is 0 Å². The Balaban J connectivity index is 1.35. The monoisotopic (exact) mass is 344 g/mol. The quantitative estimate of drug-likeness (QED) is 0.853. The Morgan fingerprint density at radius 3 is 2.68 bits per heavy atom. The zero-order valence-corrected chi connectivity index (χ0v) is 14.8. The van der Waals surface area contributed by atoms with Gasteiger partial charge in [-0.15, -0.1) is 0 Å². The van der Waals surface area contributed by atoms with Gasteiger partial charge in [-0.2, -0.15) is 0 Å². The summed E-state index contributed by atoms with van der Waals surface area (Å²) in [5.74, 6) is 2.03. The molecule has 25 heavy (non-hydrogen) atoms. The topological polar surface area (TPSA) is 66.0 Å². The zero-order chi connectivity index (χ0) is 17.4. The predicted molar refractivity (Wildman–Crippen MR) is 92.0 cm³/mol. The van der Waals surface area contributed by atoms with Gasteiger partial charge in [0.2, 0.25) is 0 Å². The van der Waals surface area contributed by atoms with Gasteiger partial charge in [0.05, 0.1) is 12.0 Å². The van der Waals surface area contributed by atoms with Crippen LogP contribution in [0.5, 0.6) is 0 Å². The van der Waals surface area contributed by atoms with Crippen LogP contribution in [0.25, 0.3) is 11.7 Å². The van der Waals surface area contributed by atoms with Gasteiger partial charge < -0.3 is 18.6 Å². The fourth-order valence-electron chi connectivity index (χ4n) is 3.69. The fourth-order valence-corrected chi connectivity index (χ4v) is 3.69. The number of oxazole rings is 1.